The van der Waals surface area contributed by atoms with E-state index in [1.807, 2.05) is 18.2 Å². The molecule has 2 amide bonds. The molecule has 0 unspecified atom stereocenters. The molecular formula is C22H26N4O3S2. The van der Waals surface area contributed by atoms with Crippen LogP contribution in [0.15, 0.2) is 28.6 Å². The summed E-state index contributed by atoms with van der Waals surface area (Å²) in [6.07, 6.45) is 7.00. The van der Waals surface area contributed by atoms with Crippen LogP contribution in [0.4, 0.5) is 10.8 Å². The largest absolute Gasteiger partial charge is 0.497 e. The van der Waals surface area contributed by atoms with E-state index in [9.17, 15) is 9.59 Å². The molecule has 0 spiro atoms. The molecule has 2 N–H and O–H groups in total. The van der Waals surface area contributed by atoms with Crippen LogP contribution in [0, 0.1) is 23.2 Å². The van der Waals surface area contributed by atoms with Gasteiger partial charge in [-0.1, -0.05) is 29.2 Å². The molecular weight excluding hydrogens is 432 g/mol. The van der Waals surface area contributed by atoms with E-state index in [1.54, 1.807) is 13.2 Å². The summed E-state index contributed by atoms with van der Waals surface area (Å²) in [5.41, 5.74) is 0.482. The summed E-state index contributed by atoms with van der Waals surface area (Å²) in [4.78, 5) is 25.4. The lowest BCUT2D eigenvalue weighted by Gasteiger charge is -2.55. The first-order valence-corrected chi connectivity index (χ1v) is 12.5. The van der Waals surface area contributed by atoms with Crippen LogP contribution in [-0.4, -0.2) is 34.9 Å². The Labute approximate surface area is 189 Å². The molecule has 1 aromatic heterocycles. The second-order valence-corrected chi connectivity index (χ2v) is 11.3. The Bertz CT molecular complexity index is 957. The fourth-order valence-corrected chi connectivity index (χ4v) is 7.51. The average Bonchev–Trinajstić information content (AvgIpc) is 3.19. The first-order chi connectivity index (χ1) is 15.0. The van der Waals surface area contributed by atoms with Crippen molar-refractivity contribution in [2.24, 2.45) is 23.2 Å². The standard InChI is InChI=1S/C22H26N4O3S2/c1-29-17-4-2-3-16(8-17)23-18(27)12-30-21-26-25-20(31-21)24-19(28)22-9-13-5-14(10-22)7-15(6-13)11-22/h2-4,8,13-15H,5-7,9-12H2,1H3,(H,23,27)(H,24,25,28). The summed E-state index contributed by atoms with van der Waals surface area (Å²) >= 11 is 2.64. The smallest absolute Gasteiger partial charge is 0.234 e. The molecule has 4 bridgehead atoms. The van der Waals surface area contributed by atoms with Crippen molar-refractivity contribution >= 4 is 45.7 Å². The number of hydrogen-bond donors (Lipinski definition) is 2. The van der Waals surface area contributed by atoms with Crippen LogP contribution in [0.2, 0.25) is 0 Å². The normalized spacial score (nSPS) is 28.4. The molecule has 1 heterocycles. The highest BCUT2D eigenvalue weighted by molar-refractivity contribution is 8.01. The van der Waals surface area contributed by atoms with Gasteiger partial charge in [-0.15, -0.1) is 10.2 Å². The lowest BCUT2D eigenvalue weighted by molar-refractivity contribution is -0.140. The van der Waals surface area contributed by atoms with Crippen LogP contribution < -0.4 is 15.4 Å². The summed E-state index contributed by atoms with van der Waals surface area (Å²) in [7, 11) is 1.59. The van der Waals surface area contributed by atoms with Gasteiger partial charge in [0.15, 0.2) is 4.34 Å². The van der Waals surface area contributed by atoms with Gasteiger partial charge in [0, 0.05) is 11.8 Å². The minimum atomic E-state index is -0.204. The molecule has 0 radical (unpaired) electrons. The van der Waals surface area contributed by atoms with E-state index in [1.165, 1.54) is 42.4 Å². The number of aromatic nitrogens is 2. The van der Waals surface area contributed by atoms with Crippen molar-refractivity contribution in [3.05, 3.63) is 24.3 Å². The number of ether oxygens (including phenoxy) is 1. The predicted molar refractivity (Wildman–Crippen MR) is 121 cm³/mol. The van der Waals surface area contributed by atoms with Crippen molar-refractivity contribution in [2.45, 2.75) is 42.9 Å². The minimum Gasteiger partial charge on any atom is -0.497 e. The highest BCUT2D eigenvalue weighted by Gasteiger charge is 2.54. The molecule has 4 aliphatic carbocycles. The molecule has 1 aromatic carbocycles. The highest BCUT2D eigenvalue weighted by atomic mass is 32.2. The number of nitrogens with one attached hydrogen (secondary N) is 2. The Morgan fingerprint density at radius 1 is 1.13 bits per heavy atom. The molecule has 164 valence electrons. The van der Waals surface area contributed by atoms with Gasteiger partial charge in [0.25, 0.3) is 0 Å². The number of amides is 2. The summed E-state index contributed by atoms with van der Waals surface area (Å²) in [6, 6.07) is 7.23. The number of benzene rings is 1. The van der Waals surface area contributed by atoms with E-state index in [4.69, 9.17) is 4.74 Å². The van der Waals surface area contributed by atoms with Gasteiger partial charge in [0.2, 0.25) is 16.9 Å². The molecule has 4 saturated carbocycles. The van der Waals surface area contributed by atoms with Crippen molar-refractivity contribution in [2.75, 3.05) is 23.5 Å². The Balaban J connectivity index is 1.14. The Hall–Kier alpha value is -2.13. The van der Waals surface area contributed by atoms with Crippen LogP contribution in [0.3, 0.4) is 0 Å². The topological polar surface area (TPSA) is 93.2 Å². The average molecular weight is 459 g/mol. The molecule has 0 saturated heterocycles. The van der Waals surface area contributed by atoms with Gasteiger partial charge in [-0.05, 0) is 68.4 Å². The number of hydrogen-bond acceptors (Lipinski definition) is 7. The lowest BCUT2D eigenvalue weighted by Crippen LogP contribution is -2.51. The monoisotopic (exact) mass is 458 g/mol. The zero-order valence-electron chi connectivity index (χ0n) is 17.4. The molecule has 4 fully saturated rings. The zero-order valence-corrected chi connectivity index (χ0v) is 19.1. The van der Waals surface area contributed by atoms with Gasteiger partial charge in [-0.3, -0.25) is 9.59 Å². The van der Waals surface area contributed by atoms with E-state index in [-0.39, 0.29) is 23.0 Å². The molecule has 31 heavy (non-hydrogen) atoms. The summed E-state index contributed by atoms with van der Waals surface area (Å²) < 4.78 is 5.84. The van der Waals surface area contributed by atoms with E-state index in [2.05, 4.69) is 20.8 Å². The molecule has 0 atom stereocenters. The molecule has 7 nitrogen and oxygen atoms in total. The van der Waals surface area contributed by atoms with Gasteiger partial charge >= 0.3 is 0 Å². The van der Waals surface area contributed by atoms with E-state index >= 15 is 0 Å². The van der Waals surface area contributed by atoms with Gasteiger partial charge in [0.1, 0.15) is 5.75 Å². The quantitative estimate of drug-likeness (QED) is 0.471. The fourth-order valence-electron chi connectivity index (χ4n) is 5.96. The van der Waals surface area contributed by atoms with Crippen molar-refractivity contribution in [1.82, 2.24) is 10.2 Å². The SMILES string of the molecule is COc1cccc(NC(=O)CSc2nnc(NC(=O)C34CC5CC(CC(C5)C3)C4)s2)c1. The maximum Gasteiger partial charge on any atom is 0.234 e. The fraction of sp³-hybridized carbons (Fsp3) is 0.545. The number of rotatable bonds is 7. The number of anilines is 2. The Morgan fingerprint density at radius 2 is 1.84 bits per heavy atom. The first kappa shape index (κ1) is 20.8. The van der Waals surface area contributed by atoms with Gasteiger partial charge in [-0.25, -0.2) is 0 Å². The van der Waals surface area contributed by atoms with Crippen LogP contribution >= 0.6 is 23.1 Å². The number of methoxy groups -OCH3 is 1. The van der Waals surface area contributed by atoms with E-state index in [0.717, 1.165) is 37.0 Å². The predicted octanol–water partition coefficient (Wildman–Crippen LogP) is 4.43. The van der Waals surface area contributed by atoms with Crippen LogP contribution in [0.25, 0.3) is 0 Å². The van der Waals surface area contributed by atoms with E-state index in [0.29, 0.717) is 20.9 Å². The highest BCUT2D eigenvalue weighted by Crippen LogP contribution is 2.60. The molecule has 2 aromatic rings. The molecule has 0 aliphatic heterocycles. The second kappa shape index (κ2) is 8.43. The zero-order chi connectivity index (χ0) is 21.4. The van der Waals surface area contributed by atoms with Crippen molar-refractivity contribution < 1.29 is 14.3 Å². The Morgan fingerprint density at radius 3 is 2.52 bits per heavy atom. The van der Waals surface area contributed by atoms with Crippen molar-refractivity contribution in [1.29, 1.82) is 0 Å². The number of carbonyl (C=O) groups is 2. The summed E-state index contributed by atoms with van der Waals surface area (Å²) in [5.74, 6) is 3.06. The van der Waals surface area contributed by atoms with Crippen LogP contribution in [0.1, 0.15) is 38.5 Å². The van der Waals surface area contributed by atoms with Crippen LogP contribution in [0.5, 0.6) is 5.75 Å². The van der Waals surface area contributed by atoms with Crippen LogP contribution in [-0.2, 0) is 9.59 Å². The van der Waals surface area contributed by atoms with Crippen molar-refractivity contribution in [3.8, 4) is 5.75 Å². The second-order valence-electron chi connectivity index (χ2n) is 9.09. The van der Waals surface area contributed by atoms with Gasteiger partial charge < -0.3 is 15.4 Å². The third-order valence-corrected chi connectivity index (χ3v) is 8.80. The maximum absolute atomic E-state index is 13.1. The third kappa shape index (κ3) is 4.43. The lowest BCUT2D eigenvalue weighted by atomic mass is 9.49. The number of nitrogens with zero attached hydrogens (tertiary/aromatic N) is 2. The molecule has 9 heteroatoms. The first-order valence-electron chi connectivity index (χ1n) is 10.7. The minimum absolute atomic E-state index is 0.120. The number of carbonyl (C=O) groups excluding carboxylic acids is 2. The third-order valence-electron chi connectivity index (χ3n) is 6.83. The molecule has 6 rings (SSSR count). The maximum atomic E-state index is 13.1. The van der Waals surface area contributed by atoms with Crippen molar-refractivity contribution in [3.63, 3.8) is 0 Å². The molecule has 4 aliphatic rings. The van der Waals surface area contributed by atoms with E-state index < -0.39 is 0 Å². The summed E-state index contributed by atoms with van der Waals surface area (Å²) in [5, 5.41) is 14.7. The number of thioether (sulfide) groups is 1. The Kier molecular flexibility index (Phi) is 5.64. The van der Waals surface area contributed by atoms with Gasteiger partial charge in [-0.2, -0.15) is 0 Å². The summed E-state index contributed by atoms with van der Waals surface area (Å²) in [6.45, 7) is 0. The van der Waals surface area contributed by atoms with Gasteiger partial charge in [0.05, 0.1) is 18.3 Å².